The number of rotatable bonds is 6. The largest absolute Gasteiger partial charge is 0.370 e. The minimum atomic E-state index is -0.547. The van der Waals surface area contributed by atoms with Gasteiger partial charge in [0, 0.05) is 12.6 Å². The average molecular weight is 354 g/mol. The van der Waals surface area contributed by atoms with Crippen molar-refractivity contribution in [2.75, 3.05) is 17.2 Å². The maximum atomic E-state index is 13.6. The number of aromatic nitrogens is 2. The smallest absolute Gasteiger partial charge is 0.274 e. The summed E-state index contributed by atoms with van der Waals surface area (Å²) >= 11 is 0. The first-order valence-electron chi connectivity index (χ1n) is 7.98. The van der Waals surface area contributed by atoms with Gasteiger partial charge in [0.05, 0.1) is 5.69 Å². The van der Waals surface area contributed by atoms with Gasteiger partial charge in [-0.3, -0.25) is 4.79 Å². The summed E-state index contributed by atoms with van der Waals surface area (Å²) in [7, 11) is 0. The number of nitrogens with zero attached hydrogens (tertiary/aromatic N) is 2. The second-order valence-corrected chi connectivity index (χ2v) is 5.49. The summed E-state index contributed by atoms with van der Waals surface area (Å²) in [5.41, 5.74) is 0.758. The standard InChI is InChI=1S/C19H16F2N4O/c20-14-6-2-1-5-13(14)9-10-22-18-11-17(23-12-24-18)19(26)25-16-8-4-3-7-15(16)21/h1-8,11-12H,9-10H2,(H,25,26)(H,22,23,24). The quantitative estimate of drug-likeness (QED) is 0.709. The summed E-state index contributed by atoms with van der Waals surface area (Å²) in [6.07, 6.45) is 1.70. The number of amides is 1. The van der Waals surface area contributed by atoms with Crippen LogP contribution < -0.4 is 10.6 Å². The van der Waals surface area contributed by atoms with Gasteiger partial charge in [0.15, 0.2) is 0 Å². The maximum absolute atomic E-state index is 13.6. The molecule has 0 saturated carbocycles. The fourth-order valence-electron chi connectivity index (χ4n) is 2.35. The molecule has 0 bridgehead atoms. The minimum absolute atomic E-state index is 0.0742. The summed E-state index contributed by atoms with van der Waals surface area (Å²) in [6.45, 7) is 0.437. The number of hydrogen-bond donors (Lipinski definition) is 2. The molecule has 1 aromatic heterocycles. The van der Waals surface area contributed by atoms with Crippen molar-refractivity contribution >= 4 is 17.4 Å². The van der Waals surface area contributed by atoms with Crippen LogP contribution in [0.3, 0.4) is 0 Å². The van der Waals surface area contributed by atoms with Crippen LogP contribution in [0.1, 0.15) is 16.1 Å². The Morgan fingerprint density at radius 1 is 0.962 bits per heavy atom. The summed E-state index contributed by atoms with van der Waals surface area (Å²) in [5.74, 6) is -0.912. The molecule has 0 saturated heterocycles. The van der Waals surface area contributed by atoms with E-state index in [1.54, 1.807) is 24.3 Å². The van der Waals surface area contributed by atoms with Crippen molar-refractivity contribution in [3.05, 3.63) is 83.8 Å². The zero-order chi connectivity index (χ0) is 18.4. The van der Waals surface area contributed by atoms with Gasteiger partial charge in [0.1, 0.15) is 29.5 Å². The van der Waals surface area contributed by atoms with E-state index >= 15 is 0 Å². The molecule has 7 heteroatoms. The summed E-state index contributed by atoms with van der Waals surface area (Å²) < 4.78 is 27.2. The van der Waals surface area contributed by atoms with Crippen molar-refractivity contribution in [1.82, 2.24) is 9.97 Å². The highest BCUT2D eigenvalue weighted by Gasteiger charge is 2.11. The highest BCUT2D eigenvalue weighted by Crippen LogP contribution is 2.14. The fourth-order valence-corrected chi connectivity index (χ4v) is 2.35. The lowest BCUT2D eigenvalue weighted by Crippen LogP contribution is -2.16. The Morgan fingerprint density at radius 3 is 2.46 bits per heavy atom. The number of para-hydroxylation sites is 1. The van der Waals surface area contributed by atoms with E-state index in [1.165, 1.54) is 36.7 Å². The number of carbonyl (C=O) groups excluding carboxylic acids is 1. The first kappa shape index (κ1) is 17.5. The molecule has 0 spiro atoms. The number of halogens is 2. The van der Waals surface area contributed by atoms with Crippen LogP contribution in [-0.2, 0) is 6.42 Å². The summed E-state index contributed by atoms with van der Waals surface area (Å²) in [4.78, 5) is 20.1. The lowest BCUT2D eigenvalue weighted by molar-refractivity contribution is 0.102. The van der Waals surface area contributed by atoms with Gasteiger partial charge in [-0.25, -0.2) is 18.7 Å². The Balaban J connectivity index is 1.62. The van der Waals surface area contributed by atoms with Crippen LogP contribution in [0.2, 0.25) is 0 Å². The van der Waals surface area contributed by atoms with Gasteiger partial charge in [0.2, 0.25) is 0 Å². The Morgan fingerprint density at radius 2 is 1.69 bits per heavy atom. The molecule has 1 amide bonds. The molecule has 2 N–H and O–H groups in total. The van der Waals surface area contributed by atoms with E-state index in [0.29, 0.717) is 24.3 Å². The van der Waals surface area contributed by atoms with E-state index in [9.17, 15) is 13.6 Å². The second kappa shape index (κ2) is 8.15. The van der Waals surface area contributed by atoms with Crippen molar-refractivity contribution in [3.8, 4) is 0 Å². The lowest BCUT2D eigenvalue weighted by Gasteiger charge is -2.08. The second-order valence-electron chi connectivity index (χ2n) is 5.49. The van der Waals surface area contributed by atoms with Gasteiger partial charge in [-0.05, 0) is 30.2 Å². The van der Waals surface area contributed by atoms with Crippen LogP contribution in [0.4, 0.5) is 20.3 Å². The van der Waals surface area contributed by atoms with Crippen LogP contribution >= 0.6 is 0 Å². The number of benzene rings is 2. The average Bonchev–Trinajstić information content (AvgIpc) is 2.65. The molecule has 132 valence electrons. The number of nitrogens with one attached hydrogen (secondary N) is 2. The van der Waals surface area contributed by atoms with E-state index in [-0.39, 0.29) is 17.2 Å². The Bertz CT molecular complexity index is 917. The van der Waals surface area contributed by atoms with Crippen molar-refractivity contribution in [2.45, 2.75) is 6.42 Å². The molecule has 5 nitrogen and oxygen atoms in total. The molecule has 0 aliphatic carbocycles. The lowest BCUT2D eigenvalue weighted by atomic mass is 10.1. The highest BCUT2D eigenvalue weighted by molar-refractivity contribution is 6.03. The molecule has 0 unspecified atom stereocenters. The molecule has 0 fully saturated rings. The first-order valence-corrected chi connectivity index (χ1v) is 7.98. The van der Waals surface area contributed by atoms with E-state index in [0.717, 1.165) is 0 Å². The van der Waals surface area contributed by atoms with Crippen molar-refractivity contribution in [3.63, 3.8) is 0 Å². The van der Waals surface area contributed by atoms with Gasteiger partial charge in [-0.1, -0.05) is 30.3 Å². The van der Waals surface area contributed by atoms with E-state index in [4.69, 9.17) is 0 Å². The predicted molar refractivity (Wildman–Crippen MR) is 95.0 cm³/mol. The zero-order valence-corrected chi connectivity index (χ0v) is 13.7. The van der Waals surface area contributed by atoms with Crippen LogP contribution in [-0.4, -0.2) is 22.4 Å². The van der Waals surface area contributed by atoms with E-state index < -0.39 is 11.7 Å². The van der Waals surface area contributed by atoms with Crippen molar-refractivity contribution < 1.29 is 13.6 Å². The number of anilines is 2. The zero-order valence-electron chi connectivity index (χ0n) is 13.7. The normalized spacial score (nSPS) is 10.4. The van der Waals surface area contributed by atoms with Crippen LogP contribution in [0.5, 0.6) is 0 Å². The summed E-state index contributed by atoms with van der Waals surface area (Å²) in [5, 5.41) is 5.48. The molecular weight excluding hydrogens is 338 g/mol. The van der Waals surface area contributed by atoms with E-state index in [2.05, 4.69) is 20.6 Å². The third-order valence-electron chi connectivity index (χ3n) is 3.68. The molecule has 2 aromatic carbocycles. The highest BCUT2D eigenvalue weighted by atomic mass is 19.1. The monoisotopic (exact) mass is 354 g/mol. The Kier molecular flexibility index (Phi) is 5.48. The summed E-state index contributed by atoms with van der Waals surface area (Å²) in [6, 6.07) is 13.9. The molecular formula is C19H16F2N4O. The molecule has 26 heavy (non-hydrogen) atoms. The Hall–Kier alpha value is -3.35. The maximum Gasteiger partial charge on any atom is 0.274 e. The topological polar surface area (TPSA) is 66.9 Å². The molecule has 0 aliphatic rings. The van der Waals surface area contributed by atoms with Gasteiger partial charge >= 0.3 is 0 Å². The molecule has 0 radical (unpaired) electrons. The third-order valence-corrected chi connectivity index (χ3v) is 3.68. The molecule has 0 atom stereocenters. The molecule has 0 aliphatic heterocycles. The van der Waals surface area contributed by atoms with E-state index in [1.807, 2.05) is 0 Å². The Labute approximate surface area is 149 Å². The van der Waals surface area contributed by atoms with Gasteiger partial charge in [-0.2, -0.15) is 0 Å². The van der Waals surface area contributed by atoms with Crippen LogP contribution in [0, 0.1) is 11.6 Å². The molecule has 3 rings (SSSR count). The van der Waals surface area contributed by atoms with Crippen molar-refractivity contribution in [2.24, 2.45) is 0 Å². The van der Waals surface area contributed by atoms with Gasteiger partial charge < -0.3 is 10.6 Å². The van der Waals surface area contributed by atoms with Crippen LogP contribution in [0.25, 0.3) is 0 Å². The minimum Gasteiger partial charge on any atom is -0.370 e. The molecule has 3 aromatic rings. The molecule has 1 heterocycles. The first-order chi connectivity index (χ1) is 12.6. The van der Waals surface area contributed by atoms with Crippen LogP contribution in [0.15, 0.2) is 60.9 Å². The van der Waals surface area contributed by atoms with Gasteiger partial charge in [0.25, 0.3) is 5.91 Å². The SMILES string of the molecule is O=C(Nc1ccccc1F)c1cc(NCCc2ccccc2F)ncn1. The number of hydrogen-bond acceptors (Lipinski definition) is 4. The van der Waals surface area contributed by atoms with Crippen molar-refractivity contribution in [1.29, 1.82) is 0 Å². The third kappa shape index (κ3) is 4.38. The fraction of sp³-hybridized carbons (Fsp3) is 0.105. The predicted octanol–water partition coefficient (Wildman–Crippen LogP) is 3.66. The van der Waals surface area contributed by atoms with Gasteiger partial charge in [-0.15, -0.1) is 0 Å². The number of carbonyl (C=O) groups is 1.